The van der Waals surface area contributed by atoms with Gasteiger partial charge in [-0.3, -0.25) is 0 Å². The standard InChI is InChI=1S/C16H16F2N2S/c1-10-4-3-5-13(8-10)20-16(21)19-11(2)14-7-6-12(17)9-15(14)18/h3-9,11H,1-2H3,(H2,19,20,21)/t11-/m0/s1. The fourth-order valence-electron chi connectivity index (χ4n) is 2.02. The highest BCUT2D eigenvalue weighted by molar-refractivity contribution is 7.80. The third-order valence-electron chi connectivity index (χ3n) is 3.05. The molecule has 0 aliphatic heterocycles. The maximum Gasteiger partial charge on any atom is 0.171 e. The van der Waals surface area contributed by atoms with Crippen molar-refractivity contribution in [2.75, 3.05) is 5.32 Å². The zero-order valence-electron chi connectivity index (χ0n) is 11.8. The highest BCUT2D eigenvalue weighted by Gasteiger charge is 2.12. The summed E-state index contributed by atoms with van der Waals surface area (Å²) >= 11 is 5.21. The van der Waals surface area contributed by atoms with Gasteiger partial charge in [-0.25, -0.2) is 8.78 Å². The fourth-order valence-corrected chi connectivity index (χ4v) is 2.31. The van der Waals surface area contributed by atoms with Gasteiger partial charge in [0.05, 0.1) is 6.04 Å². The minimum atomic E-state index is -0.594. The predicted molar refractivity (Wildman–Crippen MR) is 85.3 cm³/mol. The normalized spacial score (nSPS) is 11.8. The molecule has 0 aliphatic rings. The first-order valence-corrected chi connectivity index (χ1v) is 6.95. The quantitative estimate of drug-likeness (QED) is 0.826. The van der Waals surface area contributed by atoms with Gasteiger partial charge < -0.3 is 10.6 Å². The molecule has 2 rings (SSSR count). The van der Waals surface area contributed by atoms with Crippen LogP contribution in [0.15, 0.2) is 42.5 Å². The minimum Gasteiger partial charge on any atom is -0.356 e. The average Bonchev–Trinajstić information content (AvgIpc) is 2.38. The Balaban J connectivity index is 2.02. The molecule has 21 heavy (non-hydrogen) atoms. The Kier molecular flexibility index (Phi) is 4.85. The second-order valence-corrected chi connectivity index (χ2v) is 5.26. The van der Waals surface area contributed by atoms with Gasteiger partial charge in [0.1, 0.15) is 11.6 Å². The van der Waals surface area contributed by atoms with Gasteiger partial charge in [-0.05, 0) is 49.8 Å². The van der Waals surface area contributed by atoms with Crippen LogP contribution in [0, 0.1) is 18.6 Å². The van der Waals surface area contributed by atoms with Crippen molar-refractivity contribution in [2.24, 2.45) is 0 Å². The molecule has 2 aromatic rings. The molecule has 0 bridgehead atoms. The van der Waals surface area contributed by atoms with E-state index in [1.165, 1.54) is 12.1 Å². The Labute approximate surface area is 128 Å². The van der Waals surface area contributed by atoms with Crippen molar-refractivity contribution in [3.05, 3.63) is 65.2 Å². The Bertz CT molecular complexity index is 658. The number of halogens is 2. The van der Waals surface area contributed by atoms with Crippen LogP contribution in [-0.4, -0.2) is 5.11 Å². The third-order valence-corrected chi connectivity index (χ3v) is 3.27. The van der Waals surface area contributed by atoms with Gasteiger partial charge in [-0.2, -0.15) is 0 Å². The summed E-state index contributed by atoms with van der Waals surface area (Å²) in [6, 6.07) is 10.9. The average molecular weight is 306 g/mol. The van der Waals surface area contributed by atoms with Crippen molar-refractivity contribution >= 4 is 23.0 Å². The number of hydrogen-bond donors (Lipinski definition) is 2. The summed E-state index contributed by atoms with van der Waals surface area (Å²) in [6.45, 7) is 3.75. The molecule has 0 aliphatic carbocycles. The van der Waals surface area contributed by atoms with Crippen LogP contribution >= 0.6 is 12.2 Å². The molecule has 0 saturated heterocycles. The second kappa shape index (κ2) is 6.63. The number of hydrogen-bond acceptors (Lipinski definition) is 1. The lowest BCUT2D eigenvalue weighted by Crippen LogP contribution is -2.31. The smallest absolute Gasteiger partial charge is 0.171 e. The van der Waals surface area contributed by atoms with Crippen LogP contribution in [0.25, 0.3) is 0 Å². The van der Waals surface area contributed by atoms with Crippen molar-refractivity contribution < 1.29 is 8.78 Å². The topological polar surface area (TPSA) is 24.1 Å². The molecule has 1 atom stereocenters. The Morgan fingerprint density at radius 3 is 2.57 bits per heavy atom. The van der Waals surface area contributed by atoms with Gasteiger partial charge in [-0.15, -0.1) is 0 Å². The molecule has 0 fully saturated rings. The molecular formula is C16H16F2N2S. The summed E-state index contributed by atoms with van der Waals surface area (Å²) < 4.78 is 26.6. The van der Waals surface area contributed by atoms with Crippen molar-refractivity contribution in [3.8, 4) is 0 Å². The predicted octanol–water partition coefficient (Wildman–Crippen LogP) is 4.32. The van der Waals surface area contributed by atoms with Gasteiger partial charge in [0.2, 0.25) is 0 Å². The van der Waals surface area contributed by atoms with E-state index in [9.17, 15) is 8.78 Å². The van der Waals surface area contributed by atoms with Crippen molar-refractivity contribution in [3.63, 3.8) is 0 Å². The Morgan fingerprint density at radius 1 is 1.14 bits per heavy atom. The van der Waals surface area contributed by atoms with Crippen LogP contribution in [0.4, 0.5) is 14.5 Å². The summed E-state index contributed by atoms with van der Waals surface area (Å²) in [5.41, 5.74) is 2.34. The first-order valence-electron chi connectivity index (χ1n) is 6.55. The third kappa shape index (κ3) is 4.23. The summed E-state index contributed by atoms with van der Waals surface area (Å²) in [7, 11) is 0. The highest BCUT2D eigenvalue weighted by Crippen LogP contribution is 2.18. The number of benzene rings is 2. The van der Waals surface area contributed by atoms with E-state index in [0.29, 0.717) is 10.7 Å². The lowest BCUT2D eigenvalue weighted by molar-refractivity contribution is 0.554. The second-order valence-electron chi connectivity index (χ2n) is 4.86. The number of aryl methyl sites for hydroxylation is 1. The summed E-state index contributed by atoms with van der Waals surface area (Å²) in [4.78, 5) is 0. The lowest BCUT2D eigenvalue weighted by atomic mass is 10.1. The number of rotatable bonds is 3. The molecule has 0 heterocycles. The van der Waals surface area contributed by atoms with E-state index in [4.69, 9.17) is 12.2 Å². The molecule has 0 aromatic heterocycles. The first-order chi connectivity index (χ1) is 9.95. The van der Waals surface area contributed by atoms with Gasteiger partial charge in [-0.1, -0.05) is 18.2 Å². The van der Waals surface area contributed by atoms with E-state index in [-0.39, 0.29) is 6.04 Å². The molecule has 0 amide bonds. The molecule has 0 saturated carbocycles. The van der Waals surface area contributed by atoms with Crippen LogP contribution in [0.5, 0.6) is 0 Å². The van der Waals surface area contributed by atoms with E-state index < -0.39 is 11.6 Å². The molecule has 0 spiro atoms. The summed E-state index contributed by atoms with van der Waals surface area (Å²) in [5, 5.41) is 6.41. The highest BCUT2D eigenvalue weighted by atomic mass is 32.1. The zero-order valence-corrected chi connectivity index (χ0v) is 12.6. The summed E-state index contributed by atoms with van der Waals surface area (Å²) in [6.07, 6.45) is 0. The van der Waals surface area contributed by atoms with Crippen molar-refractivity contribution in [1.82, 2.24) is 5.32 Å². The van der Waals surface area contributed by atoms with Gasteiger partial charge in [0, 0.05) is 17.3 Å². The van der Waals surface area contributed by atoms with Crippen molar-refractivity contribution in [2.45, 2.75) is 19.9 Å². The molecule has 2 nitrogen and oxygen atoms in total. The largest absolute Gasteiger partial charge is 0.356 e. The maximum absolute atomic E-state index is 13.7. The monoisotopic (exact) mass is 306 g/mol. The van der Waals surface area contributed by atoms with Gasteiger partial charge in [0.15, 0.2) is 5.11 Å². The minimum absolute atomic E-state index is 0.365. The molecule has 0 radical (unpaired) electrons. The molecule has 2 aromatic carbocycles. The first kappa shape index (κ1) is 15.4. The zero-order chi connectivity index (χ0) is 15.4. The van der Waals surface area contributed by atoms with Gasteiger partial charge >= 0.3 is 0 Å². The SMILES string of the molecule is Cc1cccc(NC(=S)N[C@@H](C)c2ccc(F)cc2F)c1. The van der Waals surface area contributed by atoms with Crippen LogP contribution < -0.4 is 10.6 Å². The van der Waals surface area contributed by atoms with Crippen LogP contribution in [0.2, 0.25) is 0 Å². The Hall–Kier alpha value is -2.01. The maximum atomic E-state index is 13.7. The molecule has 5 heteroatoms. The Morgan fingerprint density at radius 2 is 1.90 bits per heavy atom. The van der Waals surface area contributed by atoms with E-state index in [2.05, 4.69) is 10.6 Å². The van der Waals surface area contributed by atoms with E-state index in [1.54, 1.807) is 6.92 Å². The van der Waals surface area contributed by atoms with E-state index in [0.717, 1.165) is 17.3 Å². The lowest BCUT2D eigenvalue weighted by Gasteiger charge is -2.18. The van der Waals surface area contributed by atoms with Gasteiger partial charge in [0.25, 0.3) is 0 Å². The number of anilines is 1. The number of nitrogens with one attached hydrogen (secondary N) is 2. The van der Waals surface area contributed by atoms with Crippen LogP contribution in [0.3, 0.4) is 0 Å². The molecule has 110 valence electrons. The van der Waals surface area contributed by atoms with Crippen LogP contribution in [0.1, 0.15) is 24.1 Å². The van der Waals surface area contributed by atoms with Crippen LogP contribution in [-0.2, 0) is 0 Å². The molecule has 2 N–H and O–H groups in total. The van der Waals surface area contributed by atoms with E-state index in [1.807, 2.05) is 31.2 Å². The van der Waals surface area contributed by atoms with Crippen molar-refractivity contribution in [1.29, 1.82) is 0 Å². The molecular weight excluding hydrogens is 290 g/mol. The molecule has 0 unspecified atom stereocenters. The van der Waals surface area contributed by atoms with E-state index >= 15 is 0 Å². The fraction of sp³-hybridized carbons (Fsp3) is 0.188. The number of thiocarbonyl (C=S) groups is 1. The summed E-state index contributed by atoms with van der Waals surface area (Å²) in [5.74, 6) is -1.18.